The molecule has 2 N–H and O–H groups in total. The SMILES string of the molecule is CC(NS(=O)(=O)c1cccs1)C(=O)Nc1ccc(Br)cc1F. The van der Waals surface area contributed by atoms with Gasteiger partial charge in [0.15, 0.2) is 0 Å². The Bertz CT molecular complexity index is 779. The standard InChI is InChI=1S/C13H12BrFN2O3S2/c1-8(17-22(19,20)12-3-2-6-21-12)13(18)16-11-5-4-9(14)7-10(11)15/h2-8,17H,1H3,(H,16,18). The molecule has 0 aliphatic carbocycles. The lowest BCUT2D eigenvalue weighted by molar-refractivity contribution is -0.117. The van der Waals surface area contributed by atoms with Gasteiger partial charge in [0.2, 0.25) is 5.91 Å². The minimum absolute atomic E-state index is 0.0182. The van der Waals surface area contributed by atoms with Gasteiger partial charge < -0.3 is 5.32 Å². The van der Waals surface area contributed by atoms with Crippen molar-refractivity contribution >= 4 is 48.9 Å². The fourth-order valence-corrected chi connectivity index (χ4v) is 4.14. The summed E-state index contributed by atoms with van der Waals surface area (Å²) in [6.07, 6.45) is 0. The summed E-state index contributed by atoms with van der Waals surface area (Å²) < 4.78 is 40.6. The van der Waals surface area contributed by atoms with Gasteiger partial charge in [-0.1, -0.05) is 22.0 Å². The molecule has 2 rings (SSSR count). The highest BCUT2D eigenvalue weighted by atomic mass is 79.9. The number of amides is 1. The number of hydrogen-bond acceptors (Lipinski definition) is 4. The van der Waals surface area contributed by atoms with Gasteiger partial charge in [-0.25, -0.2) is 12.8 Å². The van der Waals surface area contributed by atoms with E-state index in [4.69, 9.17) is 0 Å². The number of hydrogen-bond donors (Lipinski definition) is 2. The highest BCUT2D eigenvalue weighted by Crippen LogP contribution is 2.20. The van der Waals surface area contributed by atoms with Gasteiger partial charge in [-0.2, -0.15) is 4.72 Å². The quantitative estimate of drug-likeness (QED) is 0.801. The van der Waals surface area contributed by atoms with Gasteiger partial charge in [0.25, 0.3) is 10.0 Å². The van der Waals surface area contributed by atoms with Crippen molar-refractivity contribution in [2.75, 3.05) is 5.32 Å². The Morgan fingerprint density at radius 2 is 2.09 bits per heavy atom. The van der Waals surface area contributed by atoms with Gasteiger partial charge in [0.1, 0.15) is 10.0 Å². The van der Waals surface area contributed by atoms with E-state index in [0.717, 1.165) is 11.3 Å². The van der Waals surface area contributed by atoms with Gasteiger partial charge in [-0.05, 0) is 36.6 Å². The first-order valence-corrected chi connectivity index (χ1v) is 9.27. The molecule has 0 saturated heterocycles. The second kappa shape index (κ2) is 6.86. The average molecular weight is 407 g/mol. The molecular weight excluding hydrogens is 395 g/mol. The first-order chi connectivity index (χ1) is 10.3. The first-order valence-electron chi connectivity index (χ1n) is 6.11. The molecule has 1 unspecified atom stereocenters. The lowest BCUT2D eigenvalue weighted by Gasteiger charge is -2.14. The molecule has 1 aromatic carbocycles. The molecule has 1 heterocycles. The second-order valence-electron chi connectivity index (χ2n) is 4.39. The second-order valence-corrected chi connectivity index (χ2v) is 8.19. The minimum atomic E-state index is -3.76. The van der Waals surface area contributed by atoms with Crippen molar-refractivity contribution in [3.63, 3.8) is 0 Å². The Morgan fingerprint density at radius 1 is 1.36 bits per heavy atom. The maximum absolute atomic E-state index is 13.7. The molecule has 5 nitrogen and oxygen atoms in total. The number of sulfonamides is 1. The summed E-state index contributed by atoms with van der Waals surface area (Å²) in [4.78, 5) is 12.0. The first kappa shape index (κ1) is 17.1. The van der Waals surface area contributed by atoms with Crippen LogP contribution in [0.3, 0.4) is 0 Å². The molecule has 0 radical (unpaired) electrons. The number of thiophene rings is 1. The molecular formula is C13H12BrFN2O3S2. The molecule has 0 spiro atoms. The topological polar surface area (TPSA) is 75.3 Å². The number of anilines is 1. The van der Waals surface area contributed by atoms with Crippen molar-refractivity contribution in [2.45, 2.75) is 17.2 Å². The molecule has 0 aliphatic heterocycles. The van der Waals surface area contributed by atoms with Crippen molar-refractivity contribution < 1.29 is 17.6 Å². The van der Waals surface area contributed by atoms with E-state index in [2.05, 4.69) is 26.0 Å². The van der Waals surface area contributed by atoms with Crippen LogP contribution < -0.4 is 10.0 Å². The summed E-state index contributed by atoms with van der Waals surface area (Å²) in [6.45, 7) is 1.39. The normalized spacial score (nSPS) is 12.9. The summed E-state index contributed by atoms with van der Waals surface area (Å²) in [5.41, 5.74) is -0.0182. The third-order valence-corrected chi connectivity index (χ3v) is 6.11. The minimum Gasteiger partial charge on any atom is -0.322 e. The zero-order valence-corrected chi connectivity index (χ0v) is 14.6. The largest absolute Gasteiger partial charge is 0.322 e. The average Bonchev–Trinajstić information content (AvgIpc) is 2.96. The third kappa shape index (κ3) is 4.13. The molecule has 1 amide bonds. The van der Waals surface area contributed by atoms with Crippen molar-refractivity contribution in [1.29, 1.82) is 0 Å². The monoisotopic (exact) mass is 406 g/mol. The van der Waals surface area contributed by atoms with Crippen molar-refractivity contribution in [1.82, 2.24) is 4.72 Å². The van der Waals surface area contributed by atoms with E-state index in [1.807, 2.05) is 0 Å². The van der Waals surface area contributed by atoms with Gasteiger partial charge in [0.05, 0.1) is 11.7 Å². The Hall–Kier alpha value is -1.29. The maximum Gasteiger partial charge on any atom is 0.250 e. The predicted octanol–water partition coefficient (Wildman–Crippen LogP) is 2.96. The Labute approximate surface area is 139 Å². The number of halogens is 2. The highest BCUT2D eigenvalue weighted by Gasteiger charge is 2.23. The molecule has 9 heteroatoms. The van der Waals surface area contributed by atoms with Crippen LogP contribution in [0.5, 0.6) is 0 Å². The van der Waals surface area contributed by atoms with E-state index in [9.17, 15) is 17.6 Å². The number of benzene rings is 1. The van der Waals surface area contributed by atoms with E-state index in [-0.39, 0.29) is 9.90 Å². The molecule has 1 atom stereocenters. The zero-order valence-electron chi connectivity index (χ0n) is 11.3. The summed E-state index contributed by atoms with van der Waals surface area (Å²) >= 11 is 4.15. The lowest BCUT2D eigenvalue weighted by Crippen LogP contribution is -2.41. The molecule has 118 valence electrons. The number of carbonyl (C=O) groups is 1. The summed E-state index contributed by atoms with van der Waals surface area (Å²) in [5, 5.41) is 3.97. The third-order valence-electron chi connectivity index (χ3n) is 2.67. The van der Waals surface area contributed by atoms with Crippen LogP contribution in [0.1, 0.15) is 6.92 Å². The van der Waals surface area contributed by atoms with Crippen LogP contribution in [0.25, 0.3) is 0 Å². The molecule has 0 fully saturated rings. The summed E-state index contributed by atoms with van der Waals surface area (Å²) in [6, 6.07) is 6.15. The maximum atomic E-state index is 13.7. The van der Waals surface area contributed by atoms with E-state index in [1.54, 1.807) is 17.5 Å². The van der Waals surface area contributed by atoms with Crippen LogP contribution in [0, 0.1) is 5.82 Å². The van der Waals surface area contributed by atoms with Crippen molar-refractivity contribution in [2.24, 2.45) is 0 Å². The van der Waals surface area contributed by atoms with E-state index >= 15 is 0 Å². The Balaban J connectivity index is 2.07. The van der Waals surface area contributed by atoms with Crippen LogP contribution in [0.15, 0.2) is 44.4 Å². The van der Waals surface area contributed by atoms with Crippen LogP contribution >= 0.6 is 27.3 Å². The van der Waals surface area contributed by atoms with Crippen LogP contribution in [-0.4, -0.2) is 20.4 Å². The Morgan fingerprint density at radius 3 is 2.68 bits per heavy atom. The molecule has 0 bridgehead atoms. The molecule has 22 heavy (non-hydrogen) atoms. The summed E-state index contributed by atoms with van der Waals surface area (Å²) in [5.74, 6) is -1.27. The number of rotatable bonds is 5. The smallest absolute Gasteiger partial charge is 0.250 e. The molecule has 1 aromatic heterocycles. The van der Waals surface area contributed by atoms with E-state index < -0.39 is 27.8 Å². The van der Waals surface area contributed by atoms with Crippen LogP contribution in [0.2, 0.25) is 0 Å². The fraction of sp³-hybridized carbons (Fsp3) is 0.154. The molecule has 0 aliphatic rings. The van der Waals surface area contributed by atoms with Crippen molar-refractivity contribution in [3.05, 3.63) is 46.0 Å². The molecule has 0 saturated carbocycles. The van der Waals surface area contributed by atoms with E-state index in [0.29, 0.717) is 4.47 Å². The number of carbonyl (C=O) groups excluding carboxylic acids is 1. The zero-order chi connectivity index (χ0) is 16.3. The lowest BCUT2D eigenvalue weighted by atomic mass is 10.2. The van der Waals surface area contributed by atoms with Crippen LogP contribution in [0.4, 0.5) is 10.1 Å². The van der Waals surface area contributed by atoms with Gasteiger partial charge in [-0.3, -0.25) is 4.79 Å². The summed E-state index contributed by atoms with van der Waals surface area (Å²) in [7, 11) is -3.76. The molecule has 2 aromatic rings. The predicted molar refractivity (Wildman–Crippen MR) is 86.8 cm³/mol. The van der Waals surface area contributed by atoms with E-state index in [1.165, 1.54) is 25.1 Å². The fourth-order valence-electron chi connectivity index (χ4n) is 1.59. The van der Waals surface area contributed by atoms with Gasteiger partial charge in [-0.15, -0.1) is 11.3 Å². The van der Waals surface area contributed by atoms with Crippen molar-refractivity contribution in [3.8, 4) is 0 Å². The van der Waals surface area contributed by atoms with Gasteiger partial charge in [0, 0.05) is 4.47 Å². The van der Waals surface area contributed by atoms with Gasteiger partial charge >= 0.3 is 0 Å². The Kier molecular flexibility index (Phi) is 5.32. The number of nitrogens with one attached hydrogen (secondary N) is 2. The van der Waals surface area contributed by atoms with Crippen LogP contribution in [-0.2, 0) is 14.8 Å². The highest BCUT2D eigenvalue weighted by molar-refractivity contribution is 9.10.